The van der Waals surface area contributed by atoms with E-state index in [9.17, 15) is 4.79 Å². The average Bonchev–Trinajstić information content (AvgIpc) is 3.11. The molecule has 0 N–H and O–H groups in total. The molecule has 0 unspecified atom stereocenters. The van der Waals surface area contributed by atoms with Crippen LogP contribution in [-0.2, 0) is 13.0 Å². The molecule has 0 aliphatic heterocycles. The predicted octanol–water partition coefficient (Wildman–Crippen LogP) is 2.44. The summed E-state index contributed by atoms with van der Waals surface area (Å²) in [6.45, 7) is 6.62. The van der Waals surface area contributed by atoms with Crippen LogP contribution in [0.25, 0.3) is 11.5 Å². The summed E-state index contributed by atoms with van der Waals surface area (Å²) in [6.07, 6.45) is 3.78. The first-order chi connectivity index (χ1) is 11.0. The maximum Gasteiger partial charge on any atom is 0.263 e. The average molecular weight is 314 g/mol. The maximum atomic E-state index is 12.5. The maximum absolute atomic E-state index is 12.5. The SMILES string of the molecule is Cc1nocc1Cc1noc(-c2cccn(CC(C)C)c2=O)n1. The van der Waals surface area contributed by atoms with Crippen molar-refractivity contribution in [3.63, 3.8) is 0 Å². The van der Waals surface area contributed by atoms with E-state index in [0.29, 0.717) is 30.3 Å². The topological polar surface area (TPSA) is 87.0 Å². The van der Waals surface area contributed by atoms with Crippen molar-refractivity contribution in [1.82, 2.24) is 19.9 Å². The van der Waals surface area contributed by atoms with Gasteiger partial charge in [0.15, 0.2) is 5.82 Å². The monoisotopic (exact) mass is 314 g/mol. The van der Waals surface area contributed by atoms with Crippen molar-refractivity contribution < 1.29 is 9.05 Å². The van der Waals surface area contributed by atoms with E-state index in [4.69, 9.17) is 9.05 Å². The summed E-state index contributed by atoms with van der Waals surface area (Å²) in [5.74, 6) is 1.10. The Kier molecular flexibility index (Phi) is 4.10. The Labute approximate surface area is 132 Å². The van der Waals surface area contributed by atoms with E-state index in [-0.39, 0.29) is 11.4 Å². The van der Waals surface area contributed by atoms with E-state index in [1.165, 1.54) is 0 Å². The molecule has 0 aliphatic rings. The summed E-state index contributed by atoms with van der Waals surface area (Å²) >= 11 is 0. The summed E-state index contributed by atoms with van der Waals surface area (Å²) in [4.78, 5) is 16.8. The first kappa shape index (κ1) is 15.2. The molecule has 0 saturated carbocycles. The van der Waals surface area contributed by atoms with Gasteiger partial charge in [0.25, 0.3) is 11.4 Å². The lowest BCUT2D eigenvalue weighted by Gasteiger charge is -2.08. The molecule has 3 rings (SSSR count). The van der Waals surface area contributed by atoms with Crippen LogP contribution in [0.4, 0.5) is 0 Å². The number of pyridine rings is 1. The number of rotatable bonds is 5. The lowest BCUT2D eigenvalue weighted by atomic mass is 10.2. The minimum Gasteiger partial charge on any atom is -0.364 e. The summed E-state index contributed by atoms with van der Waals surface area (Å²) in [5, 5.41) is 7.75. The third kappa shape index (κ3) is 3.23. The molecule has 0 atom stereocenters. The number of aryl methyl sites for hydroxylation is 1. The number of hydrogen-bond donors (Lipinski definition) is 0. The Bertz CT molecular complexity index is 860. The van der Waals surface area contributed by atoms with Crippen LogP contribution < -0.4 is 5.56 Å². The molecule has 0 spiro atoms. The lowest BCUT2D eigenvalue weighted by Crippen LogP contribution is -2.23. The van der Waals surface area contributed by atoms with Gasteiger partial charge in [-0.2, -0.15) is 4.98 Å². The van der Waals surface area contributed by atoms with Gasteiger partial charge >= 0.3 is 0 Å². The fourth-order valence-corrected chi connectivity index (χ4v) is 2.32. The van der Waals surface area contributed by atoms with Crippen molar-refractivity contribution in [1.29, 1.82) is 0 Å². The summed E-state index contributed by atoms with van der Waals surface area (Å²) < 4.78 is 11.8. The van der Waals surface area contributed by atoms with Gasteiger partial charge in [-0.05, 0) is 25.0 Å². The molecule has 0 radical (unpaired) electrons. The molecular weight excluding hydrogens is 296 g/mol. The largest absolute Gasteiger partial charge is 0.364 e. The molecule has 23 heavy (non-hydrogen) atoms. The van der Waals surface area contributed by atoms with Crippen LogP contribution in [-0.4, -0.2) is 19.9 Å². The number of aromatic nitrogens is 4. The van der Waals surface area contributed by atoms with Crippen LogP contribution in [0.5, 0.6) is 0 Å². The molecule has 3 heterocycles. The van der Waals surface area contributed by atoms with E-state index >= 15 is 0 Å². The zero-order valence-electron chi connectivity index (χ0n) is 13.3. The molecule has 0 aliphatic carbocycles. The second-order valence-electron chi connectivity index (χ2n) is 5.89. The highest BCUT2D eigenvalue weighted by Gasteiger charge is 2.15. The molecule has 0 fully saturated rings. The first-order valence-electron chi connectivity index (χ1n) is 7.47. The van der Waals surface area contributed by atoms with Crippen molar-refractivity contribution in [3.8, 4) is 11.5 Å². The Morgan fingerprint density at radius 2 is 2.13 bits per heavy atom. The summed E-state index contributed by atoms with van der Waals surface area (Å²) in [7, 11) is 0. The van der Waals surface area contributed by atoms with Gasteiger partial charge in [-0.15, -0.1) is 0 Å². The minimum atomic E-state index is -0.127. The fraction of sp³-hybridized carbons (Fsp3) is 0.375. The quantitative estimate of drug-likeness (QED) is 0.719. The second-order valence-corrected chi connectivity index (χ2v) is 5.89. The van der Waals surface area contributed by atoms with Crippen LogP contribution in [0.3, 0.4) is 0 Å². The highest BCUT2D eigenvalue weighted by molar-refractivity contribution is 5.50. The Morgan fingerprint density at radius 1 is 1.30 bits per heavy atom. The van der Waals surface area contributed by atoms with Gasteiger partial charge in [0.05, 0.1) is 5.69 Å². The fourth-order valence-electron chi connectivity index (χ4n) is 2.32. The van der Waals surface area contributed by atoms with Crippen molar-refractivity contribution in [3.05, 3.63) is 52.0 Å². The number of nitrogens with zero attached hydrogens (tertiary/aromatic N) is 4. The van der Waals surface area contributed by atoms with E-state index in [1.54, 1.807) is 23.1 Å². The molecule has 3 aromatic heterocycles. The van der Waals surface area contributed by atoms with Crippen LogP contribution in [0.2, 0.25) is 0 Å². The molecule has 7 heteroatoms. The van der Waals surface area contributed by atoms with Gasteiger partial charge in [-0.25, -0.2) is 0 Å². The normalized spacial score (nSPS) is 11.3. The van der Waals surface area contributed by atoms with Gasteiger partial charge in [0.1, 0.15) is 11.8 Å². The van der Waals surface area contributed by atoms with Crippen molar-refractivity contribution in [2.24, 2.45) is 5.92 Å². The van der Waals surface area contributed by atoms with Gasteiger partial charge in [0.2, 0.25) is 0 Å². The van der Waals surface area contributed by atoms with Crippen LogP contribution in [0.1, 0.15) is 30.9 Å². The van der Waals surface area contributed by atoms with Gasteiger partial charge in [0, 0.05) is 24.7 Å². The van der Waals surface area contributed by atoms with Crippen LogP contribution in [0, 0.1) is 12.8 Å². The summed E-state index contributed by atoms with van der Waals surface area (Å²) in [5.41, 5.74) is 1.96. The molecule has 3 aromatic rings. The third-order valence-corrected chi connectivity index (χ3v) is 3.48. The van der Waals surface area contributed by atoms with E-state index < -0.39 is 0 Å². The number of hydrogen-bond acceptors (Lipinski definition) is 6. The first-order valence-corrected chi connectivity index (χ1v) is 7.47. The molecular formula is C16H18N4O3. The summed E-state index contributed by atoms with van der Waals surface area (Å²) in [6, 6.07) is 3.51. The predicted molar refractivity (Wildman–Crippen MR) is 82.9 cm³/mol. The van der Waals surface area contributed by atoms with E-state index in [1.807, 2.05) is 13.0 Å². The van der Waals surface area contributed by atoms with Crippen LogP contribution >= 0.6 is 0 Å². The lowest BCUT2D eigenvalue weighted by molar-refractivity contribution is 0.414. The standard InChI is InChI=1S/C16H18N4O3/c1-10(2)8-20-6-4-5-13(16(20)21)15-17-14(19-23-15)7-12-9-22-18-11(12)3/h4-6,9-10H,7-8H2,1-3H3. The van der Waals surface area contributed by atoms with Crippen molar-refractivity contribution in [2.45, 2.75) is 33.7 Å². The molecule has 120 valence electrons. The smallest absolute Gasteiger partial charge is 0.263 e. The zero-order valence-corrected chi connectivity index (χ0v) is 13.3. The Hall–Kier alpha value is -2.70. The molecule has 0 bridgehead atoms. The zero-order chi connectivity index (χ0) is 16.4. The Morgan fingerprint density at radius 3 is 2.83 bits per heavy atom. The van der Waals surface area contributed by atoms with E-state index in [2.05, 4.69) is 29.1 Å². The van der Waals surface area contributed by atoms with Crippen molar-refractivity contribution in [2.75, 3.05) is 0 Å². The molecule has 7 nitrogen and oxygen atoms in total. The molecule has 0 amide bonds. The van der Waals surface area contributed by atoms with Gasteiger partial charge in [-0.1, -0.05) is 24.2 Å². The Balaban J connectivity index is 1.89. The van der Waals surface area contributed by atoms with Gasteiger partial charge < -0.3 is 13.6 Å². The highest BCUT2D eigenvalue weighted by Crippen LogP contribution is 2.16. The van der Waals surface area contributed by atoms with Gasteiger partial charge in [-0.3, -0.25) is 4.79 Å². The van der Waals surface area contributed by atoms with Crippen molar-refractivity contribution >= 4 is 0 Å². The van der Waals surface area contributed by atoms with E-state index in [0.717, 1.165) is 11.3 Å². The molecule has 0 aromatic carbocycles. The second kappa shape index (κ2) is 6.20. The third-order valence-electron chi connectivity index (χ3n) is 3.48. The van der Waals surface area contributed by atoms with Crippen LogP contribution in [0.15, 0.2) is 38.4 Å². The highest BCUT2D eigenvalue weighted by atomic mass is 16.5. The minimum absolute atomic E-state index is 0.127. The molecule has 0 saturated heterocycles.